The smallest absolute Gasteiger partial charge is 0.180 e. The molecule has 0 aromatic carbocycles. The molecule has 1 heterocycles. The van der Waals surface area contributed by atoms with E-state index >= 15 is 0 Å². The summed E-state index contributed by atoms with van der Waals surface area (Å²) in [7, 11) is 1.68. The minimum Gasteiger partial charge on any atom is -0.373 e. The van der Waals surface area contributed by atoms with E-state index in [9.17, 15) is 0 Å². The van der Waals surface area contributed by atoms with Crippen LogP contribution in [0.15, 0.2) is 0 Å². The Kier molecular flexibility index (Phi) is 5.34. The lowest BCUT2D eigenvalue weighted by Gasteiger charge is -2.18. The molecule has 1 aromatic heterocycles. The first-order chi connectivity index (χ1) is 7.70. The van der Waals surface area contributed by atoms with Gasteiger partial charge in [0.05, 0.1) is 0 Å². The summed E-state index contributed by atoms with van der Waals surface area (Å²) in [5.41, 5.74) is 5.45. The van der Waals surface area contributed by atoms with Crippen LogP contribution in [-0.4, -0.2) is 33.9 Å². The van der Waals surface area contributed by atoms with Gasteiger partial charge in [-0.1, -0.05) is 13.8 Å². The summed E-state index contributed by atoms with van der Waals surface area (Å²) in [6, 6.07) is 0. The fourth-order valence-corrected chi connectivity index (χ4v) is 1.66. The van der Waals surface area contributed by atoms with Crippen molar-refractivity contribution in [2.75, 3.05) is 13.7 Å². The topological polar surface area (TPSA) is 78.9 Å². The molecule has 1 aromatic rings. The van der Waals surface area contributed by atoms with E-state index in [1.807, 2.05) is 4.68 Å². The van der Waals surface area contributed by atoms with Crippen LogP contribution in [-0.2, 0) is 11.3 Å². The van der Waals surface area contributed by atoms with Crippen LogP contribution in [0.5, 0.6) is 0 Å². The molecule has 6 nitrogen and oxygen atoms in total. The van der Waals surface area contributed by atoms with E-state index in [2.05, 4.69) is 29.4 Å². The SMILES string of the molecule is COC(c1nnnn1CCCCN)C(C)C. The van der Waals surface area contributed by atoms with Crippen molar-refractivity contribution in [1.29, 1.82) is 0 Å². The molecule has 0 saturated carbocycles. The van der Waals surface area contributed by atoms with Crippen LogP contribution in [0.3, 0.4) is 0 Å². The molecular formula is C10H21N5O. The molecule has 1 atom stereocenters. The Bertz CT molecular complexity index is 299. The van der Waals surface area contributed by atoms with Crippen molar-refractivity contribution in [2.24, 2.45) is 11.7 Å². The number of nitrogens with two attached hydrogens (primary N) is 1. The number of unbranched alkanes of at least 4 members (excludes halogenated alkanes) is 1. The van der Waals surface area contributed by atoms with E-state index in [4.69, 9.17) is 10.5 Å². The van der Waals surface area contributed by atoms with Crippen molar-refractivity contribution in [1.82, 2.24) is 20.2 Å². The minimum absolute atomic E-state index is 0.0483. The van der Waals surface area contributed by atoms with Gasteiger partial charge in [0.2, 0.25) is 0 Å². The summed E-state index contributed by atoms with van der Waals surface area (Å²) in [5, 5.41) is 11.7. The van der Waals surface area contributed by atoms with Gasteiger partial charge in [-0.25, -0.2) is 4.68 Å². The highest BCUT2D eigenvalue weighted by molar-refractivity contribution is 4.89. The molecular weight excluding hydrogens is 206 g/mol. The summed E-state index contributed by atoms with van der Waals surface area (Å²) >= 11 is 0. The zero-order valence-corrected chi connectivity index (χ0v) is 10.3. The van der Waals surface area contributed by atoms with Gasteiger partial charge < -0.3 is 10.5 Å². The predicted octanol–water partition coefficient (Wildman–Crippen LogP) is 0.755. The molecule has 1 unspecified atom stereocenters. The second-order valence-electron chi connectivity index (χ2n) is 4.16. The summed E-state index contributed by atoms with van der Waals surface area (Å²) in [6.45, 7) is 5.68. The van der Waals surface area contributed by atoms with Gasteiger partial charge in [0, 0.05) is 13.7 Å². The minimum atomic E-state index is -0.0483. The highest BCUT2D eigenvalue weighted by Gasteiger charge is 2.21. The van der Waals surface area contributed by atoms with Gasteiger partial charge in [0.1, 0.15) is 6.10 Å². The fourth-order valence-electron chi connectivity index (χ4n) is 1.66. The Morgan fingerprint density at radius 1 is 1.38 bits per heavy atom. The number of hydrogen-bond donors (Lipinski definition) is 1. The molecule has 0 bridgehead atoms. The van der Waals surface area contributed by atoms with Gasteiger partial charge in [-0.05, 0) is 35.7 Å². The lowest BCUT2D eigenvalue weighted by molar-refractivity contribution is 0.0533. The van der Waals surface area contributed by atoms with Crippen molar-refractivity contribution in [2.45, 2.75) is 39.3 Å². The highest BCUT2D eigenvalue weighted by atomic mass is 16.5. The molecule has 0 aliphatic heterocycles. The predicted molar refractivity (Wildman–Crippen MR) is 60.7 cm³/mol. The number of tetrazole rings is 1. The van der Waals surface area contributed by atoms with E-state index in [1.54, 1.807) is 7.11 Å². The Morgan fingerprint density at radius 3 is 2.69 bits per heavy atom. The van der Waals surface area contributed by atoms with E-state index in [1.165, 1.54) is 0 Å². The van der Waals surface area contributed by atoms with Gasteiger partial charge in [-0.2, -0.15) is 0 Å². The van der Waals surface area contributed by atoms with Gasteiger partial charge in [0.25, 0.3) is 0 Å². The first-order valence-corrected chi connectivity index (χ1v) is 5.69. The van der Waals surface area contributed by atoms with Crippen LogP contribution in [0.4, 0.5) is 0 Å². The fraction of sp³-hybridized carbons (Fsp3) is 0.900. The van der Waals surface area contributed by atoms with Gasteiger partial charge in [0.15, 0.2) is 5.82 Å². The van der Waals surface area contributed by atoms with Crippen LogP contribution in [0.1, 0.15) is 38.6 Å². The molecule has 2 N–H and O–H groups in total. The van der Waals surface area contributed by atoms with Crippen molar-refractivity contribution >= 4 is 0 Å². The summed E-state index contributed by atoms with van der Waals surface area (Å²) in [4.78, 5) is 0. The number of methoxy groups -OCH3 is 1. The Morgan fingerprint density at radius 2 is 2.12 bits per heavy atom. The maximum atomic E-state index is 5.45. The quantitative estimate of drug-likeness (QED) is 0.695. The number of rotatable bonds is 7. The van der Waals surface area contributed by atoms with Crippen molar-refractivity contribution in [3.63, 3.8) is 0 Å². The molecule has 16 heavy (non-hydrogen) atoms. The molecule has 0 saturated heterocycles. The van der Waals surface area contributed by atoms with Crippen LogP contribution in [0.25, 0.3) is 0 Å². The van der Waals surface area contributed by atoms with Crippen molar-refractivity contribution in [3.05, 3.63) is 5.82 Å². The number of ether oxygens (including phenoxy) is 1. The standard InChI is InChI=1S/C10H21N5O/c1-8(2)9(16-3)10-12-13-14-15(10)7-5-4-6-11/h8-9H,4-7,11H2,1-3H3. The molecule has 0 spiro atoms. The third kappa shape index (κ3) is 3.24. The number of aryl methyl sites for hydroxylation is 1. The summed E-state index contributed by atoms with van der Waals surface area (Å²) in [6.07, 6.45) is 1.93. The molecule has 0 aliphatic carbocycles. The molecule has 92 valence electrons. The van der Waals surface area contributed by atoms with Crippen LogP contribution < -0.4 is 5.73 Å². The number of aromatic nitrogens is 4. The van der Waals surface area contributed by atoms with Crippen LogP contribution in [0, 0.1) is 5.92 Å². The van der Waals surface area contributed by atoms with E-state index in [0.717, 1.165) is 25.2 Å². The molecule has 0 fully saturated rings. The van der Waals surface area contributed by atoms with Crippen LogP contribution >= 0.6 is 0 Å². The average Bonchev–Trinajstić information content (AvgIpc) is 2.68. The molecule has 0 amide bonds. The van der Waals surface area contributed by atoms with Gasteiger partial charge in [-0.15, -0.1) is 5.10 Å². The number of nitrogens with zero attached hydrogens (tertiary/aromatic N) is 4. The van der Waals surface area contributed by atoms with Crippen molar-refractivity contribution in [3.8, 4) is 0 Å². The van der Waals surface area contributed by atoms with Crippen LogP contribution in [0.2, 0.25) is 0 Å². The largest absolute Gasteiger partial charge is 0.373 e. The summed E-state index contributed by atoms with van der Waals surface area (Å²) < 4.78 is 7.22. The molecule has 6 heteroatoms. The maximum absolute atomic E-state index is 5.45. The van der Waals surface area contributed by atoms with Crippen molar-refractivity contribution < 1.29 is 4.74 Å². The zero-order valence-electron chi connectivity index (χ0n) is 10.3. The van der Waals surface area contributed by atoms with Gasteiger partial charge >= 0.3 is 0 Å². The number of hydrogen-bond acceptors (Lipinski definition) is 5. The Balaban J connectivity index is 2.68. The zero-order chi connectivity index (χ0) is 12.0. The Hall–Kier alpha value is -1.01. The summed E-state index contributed by atoms with van der Waals surface area (Å²) in [5.74, 6) is 1.15. The second-order valence-corrected chi connectivity index (χ2v) is 4.16. The first-order valence-electron chi connectivity index (χ1n) is 5.69. The maximum Gasteiger partial charge on any atom is 0.180 e. The Labute approximate surface area is 96.2 Å². The lowest BCUT2D eigenvalue weighted by atomic mass is 10.1. The normalized spacial score (nSPS) is 13.3. The highest BCUT2D eigenvalue weighted by Crippen LogP contribution is 2.22. The molecule has 0 radical (unpaired) electrons. The first kappa shape index (κ1) is 13.1. The van der Waals surface area contributed by atoms with E-state index in [-0.39, 0.29) is 6.10 Å². The molecule has 0 aliphatic rings. The lowest BCUT2D eigenvalue weighted by Crippen LogP contribution is -2.17. The molecule has 1 rings (SSSR count). The second kappa shape index (κ2) is 6.55. The third-order valence-electron chi connectivity index (χ3n) is 2.50. The van der Waals surface area contributed by atoms with Gasteiger partial charge in [-0.3, -0.25) is 0 Å². The van der Waals surface area contributed by atoms with E-state index in [0.29, 0.717) is 12.5 Å². The average molecular weight is 227 g/mol. The van der Waals surface area contributed by atoms with E-state index < -0.39 is 0 Å². The monoisotopic (exact) mass is 227 g/mol. The third-order valence-corrected chi connectivity index (χ3v) is 2.50.